The molecule has 0 saturated carbocycles. The summed E-state index contributed by atoms with van der Waals surface area (Å²) in [6, 6.07) is 7.12. The van der Waals surface area contributed by atoms with Crippen LogP contribution in [0.3, 0.4) is 0 Å². The van der Waals surface area contributed by atoms with Gasteiger partial charge in [0.1, 0.15) is 0 Å². The molecular formula is C22H20Cl2N2O4. The fraction of sp³-hybridized carbons (Fsp3) is 0.227. The second kappa shape index (κ2) is 10.3. The van der Waals surface area contributed by atoms with Crippen molar-refractivity contribution in [2.75, 3.05) is 20.8 Å². The normalized spacial score (nSPS) is 10.5. The Morgan fingerprint density at radius 3 is 2.37 bits per heavy atom. The minimum Gasteiger partial charge on any atom is -0.493 e. The van der Waals surface area contributed by atoms with Gasteiger partial charge >= 0.3 is 0 Å². The van der Waals surface area contributed by atoms with Gasteiger partial charge in [-0.1, -0.05) is 29.3 Å². The summed E-state index contributed by atoms with van der Waals surface area (Å²) in [5.74, 6) is 0.904. The number of carbonyl (C=O) groups is 1. The molecule has 8 heteroatoms. The fourth-order valence-electron chi connectivity index (χ4n) is 2.94. The molecule has 6 nitrogen and oxygen atoms in total. The second-order valence-electron chi connectivity index (χ2n) is 6.32. The van der Waals surface area contributed by atoms with Crippen molar-refractivity contribution in [2.24, 2.45) is 0 Å². The predicted octanol–water partition coefficient (Wildman–Crippen LogP) is 4.85. The van der Waals surface area contributed by atoms with Crippen molar-refractivity contribution in [3.8, 4) is 17.2 Å². The van der Waals surface area contributed by atoms with Crippen LogP contribution < -0.4 is 14.2 Å². The van der Waals surface area contributed by atoms with Crippen LogP contribution in [0.2, 0.25) is 10.0 Å². The summed E-state index contributed by atoms with van der Waals surface area (Å²) in [4.78, 5) is 21.1. The number of ketones is 1. The Bertz CT molecular complexity index is 1010. The Kier molecular flexibility index (Phi) is 7.49. The van der Waals surface area contributed by atoms with Crippen LogP contribution in [0.25, 0.3) is 0 Å². The van der Waals surface area contributed by atoms with E-state index in [4.69, 9.17) is 37.4 Å². The van der Waals surface area contributed by atoms with Crippen molar-refractivity contribution >= 4 is 29.0 Å². The smallest absolute Gasteiger partial charge is 0.204 e. The van der Waals surface area contributed by atoms with Gasteiger partial charge in [-0.3, -0.25) is 14.8 Å². The van der Waals surface area contributed by atoms with Crippen molar-refractivity contribution in [1.29, 1.82) is 0 Å². The van der Waals surface area contributed by atoms with E-state index in [9.17, 15) is 4.79 Å². The van der Waals surface area contributed by atoms with Crippen LogP contribution in [0.1, 0.15) is 21.5 Å². The van der Waals surface area contributed by atoms with E-state index in [2.05, 4.69) is 9.97 Å². The van der Waals surface area contributed by atoms with Crippen LogP contribution in [-0.4, -0.2) is 36.6 Å². The number of aromatic nitrogens is 2. The first-order valence-corrected chi connectivity index (χ1v) is 9.88. The lowest BCUT2D eigenvalue weighted by atomic mass is 10.0. The first-order chi connectivity index (χ1) is 14.5. The summed E-state index contributed by atoms with van der Waals surface area (Å²) < 4.78 is 16.8. The molecule has 0 aliphatic heterocycles. The van der Waals surface area contributed by atoms with Gasteiger partial charge in [-0.2, -0.15) is 0 Å². The van der Waals surface area contributed by atoms with Crippen LogP contribution >= 0.6 is 23.2 Å². The molecule has 0 saturated heterocycles. The van der Waals surface area contributed by atoms with Gasteiger partial charge in [0.25, 0.3) is 0 Å². The lowest BCUT2D eigenvalue weighted by molar-refractivity contribution is 0.0988. The van der Waals surface area contributed by atoms with Gasteiger partial charge in [0.05, 0.1) is 36.4 Å². The molecule has 1 aromatic carbocycles. The topological polar surface area (TPSA) is 70.5 Å². The Morgan fingerprint density at radius 2 is 1.73 bits per heavy atom. The second-order valence-corrected chi connectivity index (χ2v) is 7.13. The van der Waals surface area contributed by atoms with E-state index in [0.717, 1.165) is 5.56 Å². The maximum absolute atomic E-state index is 13.1. The maximum Gasteiger partial charge on any atom is 0.204 e. The SMILES string of the molecule is COc1ccc(C(=O)Cc2c(Cl)cncc2Cl)c(OCCc2cccnc2)c1OC. The number of methoxy groups -OCH3 is 2. The molecule has 3 rings (SSSR count). The predicted molar refractivity (Wildman–Crippen MR) is 115 cm³/mol. The Labute approximate surface area is 184 Å². The van der Waals surface area contributed by atoms with Crippen molar-refractivity contribution in [3.05, 3.63) is 75.8 Å². The zero-order chi connectivity index (χ0) is 21.5. The molecule has 0 spiro atoms. The van der Waals surface area contributed by atoms with E-state index in [-0.39, 0.29) is 12.2 Å². The van der Waals surface area contributed by atoms with Crippen LogP contribution in [0, 0.1) is 0 Å². The Morgan fingerprint density at radius 1 is 0.967 bits per heavy atom. The van der Waals surface area contributed by atoms with Gasteiger partial charge in [0, 0.05) is 43.2 Å². The standard InChI is InChI=1S/C22H20Cl2N2O4/c1-28-20-6-5-15(19(27)10-16-17(23)12-26-13-18(16)24)21(22(20)29-2)30-9-7-14-4-3-8-25-11-14/h3-6,8,11-13H,7,9-10H2,1-2H3. The third kappa shape index (κ3) is 5.01. The van der Waals surface area contributed by atoms with E-state index in [1.54, 1.807) is 24.5 Å². The zero-order valence-electron chi connectivity index (χ0n) is 16.5. The number of hydrogen-bond donors (Lipinski definition) is 0. The molecule has 0 amide bonds. The molecule has 30 heavy (non-hydrogen) atoms. The third-order valence-electron chi connectivity index (χ3n) is 4.45. The fourth-order valence-corrected chi connectivity index (χ4v) is 3.44. The van der Waals surface area contributed by atoms with Crippen LogP contribution in [0.15, 0.2) is 49.1 Å². The lowest BCUT2D eigenvalue weighted by Gasteiger charge is -2.17. The molecular weight excluding hydrogens is 427 g/mol. The number of rotatable bonds is 9. The van der Waals surface area contributed by atoms with E-state index in [0.29, 0.717) is 51.4 Å². The highest BCUT2D eigenvalue weighted by molar-refractivity contribution is 6.36. The Hall–Kier alpha value is -2.83. The van der Waals surface area contributed by atoms with E-state index >= 15 is 0 Å². The summed E-state index contributed by atoms with van der Waals surface area (Å²) >= 11 is 12.4. The maximum atomic E-state index is 13.1. The molecule has 2 heterocycles. The molecule has 0 aliphatic carbocycles. The summed E-state index contributed by atoms with van der Waals surface area (Å²) in [5, 5.41) is 0.658. The molecule has 0 unspecified atom stereocenters. The highest BCUT2D eigenvalue weighted by Crippen LogP contribution is 2.41. The van der Waals surface area contributed by atoms with E-state index in [1.807, 2.05) is 12.1 Å². The van der Waals surface area contributed by atoms with Crippen LogP contribution in [0.4, 0.5) is 0 Å². The highest BCUT2D eigenvalue weighted by Gasteiger charge is 2.23. The Balaban J connectivity index is 1.89. The molecule has 0 fully saturated rings. The minimum absolute atomic E-state index is 0.00532. The van der Waals surface area contributed by atoms with Gasteiger partial charge in [-0.25, -0.2) is 0 Å². The molecule has 0 atom stereocenters. The van der Waals surface area contributed by atoms with Crippen molar-refractivity contribution in [2.45, 2.75) is 12.8 Å². The number of halogens is 2. The van der Waals surface area contributed by atoms with Gasteiger partial charge in [0.2, 0.25) is 5.75 Å². The van der Waals surface area contributed by atoms with E-state index < -0.39 is 0 Å². The summed E-state index contributed by atoms with van der Waals surface area (Å²) in [5.41, 5.74) is 1.87. The summed E-state index contributed by atoms with van der Waals surface area (Å²) in [6.45, 7) is 0.326. The van der Waals surface area contributed by atoms with Crippen molar-refractivity contribution in [1.82, 2.24) is 9.97 Å². The third-order valence-corrected chi connectivity index (χ3v) is 5.10. The monoisotopic (exact) mass is 446 g/mol. The molecule has 2 aromatic heterocycles. The number of carbonyl (C=O) groups excluding carboxylic acids is 1. The number of pyridine rings is 2. The first kappa shape index (κ1) is 21.9. The van der Waals surface area contributed by atoms with Crippen molar-refractivity contribution in [3.63, 3.8) is 0 Å². The van der Waals surface area contributed by atoms with Crippen LogP contribution in [0.5, 0.6) is 17.2 Å². The lowest BCUT2D eigenvalue weighted by Crippen LogP contribution is -2.11. The number of nitrogens with zero attached hydrogens (tertiary/aromatic N) is 2. The summed E-state index contributed by atoms with van der Waals surface area (Å²) in [7, 11) is 3.02. The molecule has 156 valence electrons. The van der Waals surface area contributed by atoms with E-state index in [1.165, 1.54) is 26.6 Å². The summed E-state index contributed by atoms with van der Waals surface area (Å²) in [6.07, 6.45) is 7.00. The molecule has 3 aromatic rings. The molecule has 0 aliphatic rings. The number of benzene rings is 1. The van der Waals surface area contributed by atoms with Gasteiger partial charge < -0.3 is 14.2 Å². The highest BCUT2D eigenvalue weighted by atomic mass is 35.5. The minimum atomic E-state index is -0.220. The number of Topliss-reactive ketones (excluding diaryl/α,β-unsaturated/α-hetero) is 1. The average molecular weight is 447 g/mol. The number of hydrogen-bond acceptors (Lipinski definition) is 6. The van der Waals surface area contributed by atoms with Gasteiger partial charge in [-0.15, -0.1) is 0 Å². The molecule has 0 radical (unpaired) electrons. The van der Waals surface area contributed by atoms with Gasteiger partial charge in [0.15, 0.2) is 17.3 Å². The average Bonchev–Trinajstić information content (AvgIpc) is 2.76. The van der Waals surface area contributed by atoms with Crippen LogP contribution in [-0.2, 0) is 12.8 Å². The van der Waals surface area contributed by atoms with Gasteiger partial charge in [-0.05, 0) is 23.8 Å². The zero-order valence-corrected chi connectivity index (χ0v) is 18.0. The largest absolute Gasteiger partial charge is 0.493 e. The quantitative estimate of drug-likeness (QED) is 0.437. The molecule has 0 bridgehead atoms. The molecule has 0 N–H and O–H groups in total. The number of ether oxygens (including phenoxy) is 3. The van der Waals surface area contributed by atoms with Crippen molar-refractivity contribution < 1.29 is 19.0 Å². The first-order valence-electron chi connectivity index (χ1n) is 9.13.